The maximum Gasteiger partial charge on any atom is 0.335 e. The number of likely N-dealkylation sites (tertiary alicyclic amines) is 1. The number of fused-ring (bicyclic) bond motifs is 1. The van der Waals surface area contributed by atoms with E-state index in [0.29, 0.717) is 19.6 Å². The van der Waals surface area contributed by atoms with Crippen LogP contribution >= 0.6 is 12.4 Å². The number of carbonyl (C=O) groups is 1. The number of urea groups is 1. The summed E-state index contributed by atoms with van der Waals surface area (Å²) in [5.41, 5.74) is 7.46. The number of carbonyl (C=O) groups excluding carboxylic acids is 1. The Morgan fingerprint density at radius 1 is 0.909 bits per heavy atom. The van der Waals surface area contributed by atoms with E-state index in [4.69, 9.17) is 5.73 Å². The minimum Gasteiger partial charge on any atom is -0.326 e. The largest absolute Gasteiger partial charge is 0.335 e. The summed E-state index contributed by atoms with van der Waals surface area (Å²) in [7, 11) is -3.96. The Bertz CT molecular complexity index is 1200. The number of amides is 2. The first-order chi connectivity index (χ1) is 15.5. The summed E-state index contributed by atoms with van der Waals surface area (Å²) in [6.45, 7) is 1.79. The monoisotopic (exact) mass is 488 g/mol. The fourth-order valence-electron chi connectivity index (χ4n) is 3.89. The molecular formula is C24H29ClN4O3S. The normalized spacial score (nSPS) is 14.0. The van der Waals surface area contributed by atoms with Crippen LogP contribution in [0.15, 0.2) is 71.6 Å². The second-order valence-electron chi connectivity index (χ2n) is 8.04. The van der Waals surface area contributed by atoms with Gasteiger partial charge in [0.2, 0.25) is 0 Å². The molecule has 176 valence electrons. The molecule has 1 aliphatic heterocycles. The molecule has 3 aromatic carbocycles. The first kappa shape index (κ1) is 25.0. The van der Waals surface area contributed by atoms with Crippen molar-refractivity contribution in [3.8, 4) is 0 Å². The first-order valence-electron chi connectivity index (χ1n) is 10.8. The number of nitrogens with two attached hydrogens (primary N) is 1. The van der Waals surface area contributed by atoms with E-state index in [1.807, 2.05) is 48.5 Å². The van der Waals surface area contributed by atoms with Crippen LogP contribution in [-0.2, 0) is 23.1 Å². The maximum atomic E-state index is 13.3. The van der Waals surface area contributed by atoms with Crippen molar-refractivity contribution >= 4 is 39.2 Å². The Kier molecular flexibility index (Phi) is 8.31. The number of hydrogen-bond acceptors (Lipinski definition) is 4. The summed E-state index contributed by atoms with van der Waals surface area (Å²) in [6, 6.07) is 19.7. The molecule has 3 N–H and O–H groups in total. The number of benzene rings is 3. The van der Waals surface area contributed by atoms with Gasteiger partial charge in [-0.2, -0.15) is 0 Å². The number of halogens is 1. The van der Waals surface area contributed by atoms with Crippen molar-refractivity contribution in [3.05, 3.63) is 77.9 Å². The van der Waals surface area contributed by atoms with Crippen molar-refractivity contribution in [1.29, 1.82) is 0 Å². The Morgan fingerprint density at radius 2 is 1.55 bits per heavy atom. The zero-order valence-electron chi connectivity index (χ0n) is 18.3. The second-order valence-corrected chi connectivity index (χ2v) is 9.70. The van der Waals surface area contributed by atoms with Gasteiger partial charge in [-0.25, -0.2) is 18.2 Å². The quantitative estimate of drug-likeness (QED) is 0.512. The molecule has 0 saturated carbocycles. The molecule has 33 heavy (non-hydrogen) atoms. The third kappa shape index (κ3) is 6.03. The van der Waals surface area contributed by atoms with E-state index in [-0.39, 0.29) is 29.9 Å². The minimum absolute atomic E-state index is 0. The van der Waals surface area contributed by atoms with Gasteiger partial charge in [0, 0.05) is 19.6 Å². The number of nitrogens with one attached hydrogen (secondary N) is 1. The van der Waals surface area contributed by atoms with E-state index in [1.54, 1.807) is 23.1 Å². The lowest BCUT2D eigenvalue weighted by molar-refractivity contribution is 0.132. The molecule has 3 aromatic rings. The summed E-state index contributed by atoms with van der Waals surface area (Å²) >= 11 is 0. The molecule has 2 amide bonds. The fourth-order valence-corrected chi connectivity index (χ4v) is 4.96. The van der Waals surface area contributed by atoms with E-state index in [0.717, 1.165) is 41.2 Å². The van der Waals surface area contributed by atoms with Gasteiger partial charge in [0.25, 0.3) is 10.0 Å². The number of piperidine rings is 1. The summed E-state index contributed by atoms with van der Waals surface area (Å²) < 4.78 is 26.4. The Morgan fingerprint density at radius 3 is 2.21 bits per heavy atom. The number of sulfonamides is 1. The summed E-state index contributed by atoms with van der Waals surface area (Å²) in [5, 5.41) is 2.97. The van der Waals surface area contributed by atoms with Gasteiger partial charge in [-0.15, -0.1) is 17.2 Å². The molecule has 0 bridgehead atoms. The third-order valence-electron chi connectivity index (χ3n) is 5.72. The van der Waals surface area contributed by atoms with Crippen molar-refractivity contribution in [2.75, 3.05) is 13.1 Å². The molecule has 1 fully saturated rings. The van der Waals surface area contributed by atoms with E-state index < -0.39 is 10.0 Å². The Labute approximate surface area is 201 Å². The Hall–Kier alpha value is -2.65. The molecule has 0 unspecified atom stereocenters. The molecule has 0 atom stereocenters. The smallest absolute Gasteiger partial charge is 0.326 e. The molecule has 7 nitrogen and oxygen atoms in total. The van der Waals surface area contributed by atoms with Crippen LogP contribution in [0.4, 0.5) is 4.79 Å². The molecule has 1 heterocycles. The van der Waals surface area contributed by atoms with Crippen LogP contribution in [0.2, 0.25) is 0 Å². The van der Waals surface area contributed by atoms with Gasteiger partial charge in [-0.1, -0.05) is 54.6 Å². The van der Waals surface area contributed by atoms with Gasteiger partial charge in [0.05, 0.1) is 11.4 Å². The predicted molar refractivity (Wildman–Crippen MR) is 132 cm³/mol. The lowest BCUT2D eigenvalue weighted by atomic mass is 10.1. The average Bonchev–Trinajstić information content (AvgIpc) is 2.83. The topological polar surface area (TPSA) is 95.7 Å². The zero-order chi connectivity index (χ0) is 22.6. The molecule has 0 radical (unpaired) electrons. The molecule has 0 aromatic heterocycles. The first-order valence-corrected chi connectivity index (χ1v) is 12.3. The van der Waals surface area contributed by atoms with Crippen molar-refractivity contribution in [2.24, 2.45) is 5.73 Å². The van der Waals surface area contributed by atoms with Crippen molar-refractivity contribution < 1.29 is 13.2 Å². The Balaban J connectivity index is 0.00000306. The van der Waals surface area contributed by atoms with Gasteiger partial charge < -0.3 is 10.6 Å². The summed E-state index contributed by atoms with van der Waals surface area (Å²) in [6.07, 6.45) is 2.91. The standard InChI is InChI=1S/C24H28N4O3S.ClH/c25-17-19-8-10-20(11-9-19)18-28(24(29)27-14-4-1-5-15-27)26-32(30,31)23-13-12-21-6-2-3-7-22(21)16-23;/h2-3,6-13,16,26H,1,4-5,14-15,17-18,25H2;1H. The molecule has 0 spiro atoms. The zero-order valence-corrected chi connectivity index (χ0v) is 19.9. The lowest BCUT2D eigenvalue weighted by Gasteiger charge is -2.33. The fraction of sp³-hybridized carbons (Fsp3) is 0.292. The number of hydrazine groups is 1. The highest BCUT2D eigenvalue weighted by molar-refractivity contribution is 7.89. The van der Waals surface area contributed by atoms with Gasteiger partial charge in [-0.3, -0.25) is 0 Å². The third-order valence-corrected chi connectivity index (χ3v) is 7.05. The number of hydrogen-bond donors (Lipinski definition) is 2. The van der Waals surface area contributed by atoms with Crippen LogP contribution in [0.25, 0.3) is 10.8 Å². The molecular weight excluding hydrogens is 460 g/mol. The van der Waals surface area contributed by atoms with E-state index in [1.165, 1.54) is 5.01 Å². The number of rotatable bonds is 6. The highest BCUT2D eigenvalue weighted by atomic mass is 35.5. The average molecular weight is 489 g/mol. The van der Waals surface area contributed by atoms with E-state index in [2.05, 4.69) is 4.83 Å². The maximum absolute atomic E-state index is 13.3. The minimum atomic E-state index is -3.96. The highest BCUT2D eigenvalue weighted by Crippen LogP contribution is 2.20. The van der Waals surface area contributed by atoms with E-state index in [9.17, 15) is 13.2 Å². The van der Waals surface area contributed by atoms with Gasteiger partial charge in [-0.05, 0) is 53.3 Å². The van der Waals surface area contributed by atoms with Crippen LogP contribution in [0.5, 0.6) is 0 Å². The SMILES string of the molecule is Cl.NCc1ccc(CN(NS(=O)(=O)c2ccc3ccccc3c2)C(=O)N2CCCCC2)cc1. The number of nitrogens with zero attached hydrogens (tertiary/aromatic N) is 2. The molecule has 0 aliphatic carbocycles. The van der Waals surface area contributed by atoms with Crippen molar-refractivity contribution in [2.45, 2.75) is 37.2 Å². The highest BCUT2D eigenvalue weighted by Gasteiger charge is 2.27. The van der Waals surface area contributed by atoms with Crippen LogP contribution in [0, 0.1) is 0 Å². The summed E-state index contributed by atoms with van der Waals surface area (Å²) in [5.74, 6) is 0. The van der Waals surface area contributed by atoms with Crippen molar-refractivity contribution in [1.82, 2.24) is 14.7 Å². The molecule has 9 heteroatoms. The second kappa shape index (κ2) is 11.0. The van der Waals surface area contributed by atoms with Crippen molar-refractivity contribution in [3.63, 3.8) is 0 Å². The van der Waals surface area contributed by atoms with Crippen LogP contribution < -0.4 is 10.6 Å². The van der Waals surface area contributed by atoms with Crippen LogP contribution in [0.3, 0.4) is 0 Å². The van der Waals surface area contributed by atoms with Gasteiger partial charge in [0.1, 0.15) is 0 Å². The lowest BCUT2D eigenvalue weighted by Crippen LogP contribution is -2.52. The van der Waals surface area contributed by atoms with Gasteiger partial charge in [0.15, 0.2) is 0 Å². The van der Waals surface area contributed by atoms with Crippen LogP contribution in [0.1, 0.15) is 30.4 Å². The predicted octanol–water partition coefficient (Wildman–Crippen LogP) is 4.02. The van der Waals surface area contributed by atoms with Crippen LogP contribution in [-0.4, -0.2) is 37.4 Å². The van der Waals surface area contributed by atoms with E-state index >= 15 is 0 Å². The molecule has 1 saturated heterocycles. The summed E-state index contributed by atoms with van der Waals surface area (Å²) in [4.78, 5) is 17.6. The molecule has 1 aliphatic rings. The molecule has 4 rings (SSSR count). The van der Waals surface area contributed by atoms with Gasteiger partial charge >= 0.3 is 6.03 Å².